The molecule has 45 heavy (non-hydrogen) atoms. The van der Waals surface area contributed by atoms with Gasteiger partial charge in [0.05, 0.1) is 24.4 Å². The van der Waals surface area contributed by atoms with E-state index in [1.54, 1.807) is 50.5 Å². The second-order valence-electron chi connectivity index (χ2n) is 10.7. The Morgan fingerprint density at radius 3 is 2.33 bits per heavy atom. The summed E-state index contributed by atoms with van der Waals surface area (Å²) in [5.74, 6) is -1.07. The molecule has 0 saturated heterocycles. The van der Waals surface area contributed by atoms with E-state index in [-0.39, 0.29) is 37.2 Å². The largest absolute Gasteiger partial charge is 0.573 e. The Morgan fingerprint density at radius 1 is 0.911 bits per heavy atom. The zero-order valence-corrected chi connectivity index (χ0v) is 24.9. The number of aryl methyl sites for hydroxylation is 1. The number of nitrogens with one attached hydrogen (secondary N) is 2. The first-order valence-corrected chi connectivity index (χ1v) is 14.3. The van der Waals surface area contributed by atoms with E-state index >= 15 is 0 Å². The van der Waals surface area contributed by atoms with Crippen molar-refractivity contribution < 1.29 is 32.6 Å². The first-order valence-electron chi connectivity index (χ1n) is 14.3. The Bertz CT molecular complexity index is 1570. The van der Waals surface area contributed by atoms with Crippen LogP contribution in [-0.4, -0.2) is 58.9 Å². The van der Waals surface area contributed by atoms with Gasteiger partial charge in [-0.3, -0.25) is 14.6 Å². The lowest BCUT2D eigenvalue weighted by atomic mass is 9.98. The molecule has 8 nitrogen and oxygen atoms in total. The van der Waals surface area contributed by atoms with Crippen LogP contribution in [0.15, 0.2) is 97.2 Å². The zero-order chi connectivity index (χ0) is 32.4. The van der Waals surface area contributed by atoms with Gasteiger partial charge in [-0.05, 0) is 72.5 Å². The molecule has 11 heteroatoms. The molecule has 0 aliphatic carbocycles. The number of carbonyl (C=O) groups excluding carboxylic acids is 2. The van der Waals surface area contributed by atoms with Crippen molar-refractivity contribution in [3.8, 4) is 5.75 Å². The second-order valence-corrected chi connectivity index (χ2v) is 10.7. The molecule has 0 fully saturated rings. The highest BCUT2D eigenvalue weighted by molar-refractivity contribution is 6.00. The maximum atomic E-state index is 13.8. The number of nitrogens with zero attached hydrogens (tertiary/aromatic N) is 2. The molecule has 0 spiro atoms. The molecule has 0 unspecified atom stereocenters. The van der Waals surface area contributed by atoms with Crippen LogP contribution in [0.5, 0.6) is 5.75 Å². The number of rotatable bonds is 13. The number of hydrogen-bond acceptors (Lipinski definition) is 6. The predicted molar refractivity (Wildman–Crippen MR) is 163 cm³/mol. The van der Waals surface area contributed by atoms with Crippen molar-refractivity contribution in [3.63, 3.8) is 0 Å². The van der Waals surface area contributed by atoms with Crippen LogP contribution in [-0.2, 0) is 19.5 Å². The fraction of sp³-hybridized carbons (Fsp3) is 0.265. The van der Waals surface area contributed by atoms with E-state index < -0.39 is 18.5 Å². The molecule has 4 rings (SSSR count). The minimum Gasteiger partial charge on any atom is -0.406 e. The average molecular weight is 621 g/mol. The minimum absolute atomic E-state index is 0.0501. The number of carbonyl (C=O) groups is 2. The number of benzene rings is 3. The van der Waals surface area contributed by atoms with Gasteiger partial charge < -0.3 is 25.4 Å². The second kappa shape index (κ2) is 15.3. The van der Waals surface area contributed by atoms with Gasteiger partial charge >= 0.3 is 6.36 Å². The molecule has 0 radical (unpaired) electrons. The summed E-state index contributed by atoms with van der Waals surface area (Å²) in [5, 5.41) is 17.2. The lowest BCUT2D eigenvalue weighted by Gasteiger charge is -2.33. The quantitative estimate of drug-likeness (QED) is 0.193. The molecule has 3 N–H and O–H groups in total. The van der Waals surface area contributed by atoms with E-state index in [9.17, 15) is 27.9 Å². The summed E-state index contributed by atoms with van der Waals surface area (Å²) in [4.78, 5) is 32.4. The number of aromatic nitrogens is 1. The fourth-order valence-corrected chi connectivity index (χ4v) is 4.91. The minimum atomic E-state index is -4.80. The Hall–Kier alpha value is -4.74. The van der Waals surface area contributed by atoms with E-state index in [1.165, 1.54) is 29.2 Å². The highest BCUT2D eigenvalue weighted by Crippen LogP contribution is 2.23. The van der Waals surface area contributed by atoms with Crippen molar-refractivity contribution in [3.05, 3.63) is 131 Å². The molecule has 2 atom stereocenters. The highest BCUT2D eigenvalue weighted by Gasteiger charge is 2.31. The molecule has 0 aliphatic heterocycles. The smallest absolute Gasteiger partial charge is 0.406 e. The highest BCUT2D eigenvalue weighted by atomic mass is 19.4. The molecule has 0 bridgehead atoms. The van der Waals surface area contributed by atoms with Crippen molar-refractivity contribution >= 4 is 11.8 Å². The van der Waals surface area contributed by atoms with Crippen LogP contribution in [0.25, 0.3) is 0 Å². The standard InChI is InChI=1S/C34H35F3N4O4/c1-23-15-26(32(43)40-21-28-12-6-7-14-39-28)19-27(16-23)33(44)41(2)30(18-24-9-4-3-5-10-24)31(42)22-38-20-25-11-8-13-29(17-25)45-34(35,36)37/h3-17,19,30-31,38,42H,18,20-22H2,1-2H3,(H,40,43)/t30-,31+/m0/s1. The van der Waals surface area contributed by atoms with Crippen LogP contribution in [0.1, 0.15) is 43.1 Å². The number of likely N-dealkylation sites (N-methyl/N-ethyl adjacent to an activating group) is 1. The van der Waals surface area contributed by atoms with Crippen molar-refractivity contribution in [2.24, 2.45) is 0 Å². The van der Waals surface area contributed by atoms with Crippen LogP contribution in [0.3, 0.4) is 0 Å². The number of amides is 2. The number of pyridine rings is 1. The van der Waals surface area contributed by atoms with Gasteiger partial charge in [-0.1, -0.05) is 48.5 Å². The molecular formula is C34H35F3N4O4. The predicted octanol–water partition coefficient (Wildman–Crippen LogP) is 5.05. The first kappa shape index (κ1) is 33.2. The first-order chi connectivity index (χ1) is 21.5. The monoisotopic (exact) mass is 620 g/mol. The SMILES string of the molecule is Cc1cc(C(=O)NCc2ccccn2)cc(C(=O)N(C)[C@@H](Cc2ccccc2)[C@H](O)CNCc2cccc(OC(F)(F)F)c2)c1. The Balaban J connectivity index is 1.47. The number of aliphatic hydroxyl groups excluding tert-OH is 1. The molecule has 1 aromatic heterocycles. The zero-order valence-electron chi connectivity index (χ0n) is 24.9. The van der Waals surface area contributed by atoms with Crippen LogP contribution in [0, 0.1) is 6.92 Å². The summed E-state index contributed by atoms with van der Waals surface area (Å²) >= 11 is 0. The van der Waals surface area contributed by atoms with Gasteiger partial charge in [0.15, 0.2) is 0 Å². The number of halogens is 3. The van der Waals surface area contributed by atoms with Crippen LogP contribution in [0.2, 0.25) is 0 Å². The number of ether oxygens (including phenoxy) is 1. The van der Waals surface area contributed by atoms with Crippen LogP contribution >= 0.6 is 0 Å². The van der Waals surface area contributed by atoms with Crippen molar-refractivity contribution in [2.75, 3.05) is 13.6 Å². The topological polar surface area (TPSA) is 104 Å². The van der Waals surface area contributed by atoms with E-state index in [4.69, 9.17) is 0 Å². The average Bonchev–Trinajstić information content (AvgIpc) is 3.01. The van der Waals surface area contributed by atoms with E-state index in [2.05, 4.69) is 20.4 Å². The van der Waals surface area contributed by atoms with Gasteiger partial charge in [-0.2, -0.15) is 0 Å². The van der Waals surface area contributed by atoms with Gasteiger partial charge in [-0.25, -0.2) is 0 Å². The molecule has 236 valence electrons. The van der Waals surface area contributed by atoms with E-state index in [0.29, 0.717) is 28.8 Å². The molecule has 0 saturated carbocycles. The van der Waals surface area contributed by atoms with Gasteiger partial charge in [0, 0.05) is 37.5 Å². The van der Waals surface area contributed by atoms with E-state index in [1.807, 2.05) is 36.4 Å². The molecule has 1 heterocycles. The number of hydrogen-bond donors (Lipinski definition) is 3. The number of aliphatic hydroxyl groups is 1. The van der Waals surface area contributed by atoms with Gasteiger partial charge in [0.25, 0.3) is 11.8 Å². The summed E-state index contributed by atoms with van der Waals surface area (Å²) in [5.41, 5.74) is 3.46. The van der Waals surface area contributed by atoms with E-state index in [0.717, 1.165) is 11.1 Å². The van der Waals surface area contributed by atoms with Gasteiger partial charge in [-0.15, -0.1) is 13.2 Å². The number of alkyl halides is 3. The van der Waals surface area contributed by atoms with Crippen LogP contribution < -0.4 is 15.4 Å². The molecule has 4 aromatic rings. The normalized spacial score (nSPS) is 12.7. The fourth-order valence-electron chi connectivity index (χ4n) is 4.91. The molecule has 0 aliphatic rings. The lowest BCUT2D eigenvalue weighted by Crippen LogP contribution is -2.49. The summed E-state index contributed by atoms with van der Waals surface area (Å²) in [7, 11) is 1.60. The molecule has 3 aromatic carbocycles. The summed E-state index contributed by atoms with van der Waals surface area (Å²) < 4.78 is 41.8. The Labute approximate surface area is 259 Å². The van der Waals surface area contributed by atoms with Crippen molar-refractivity contribution in [2.45, 2.75) is 44.9 Å². The summed E-state index contributed by atoms with van der Waals surface area (Å²) in [6.45, 7) is 2.24. The van der Waals surface area contributed by atoms with Crippen molar-refractivity contribution in [1.82, 2.24) is 20.5 Å². The van der Waals surface area contributed by atoms with Crippen molar-refractivity contribution in [1.29, 1.82) is 0 Å². The Kier molecular flexibility index (Phi) is 11.3. The van der Waals surface area contributed by atoms with Gasteiger partial charge in [0.2, 0.25) is 0 Å². The third-order valence-corrected chi connectivity index (χ3v) is 7.11. The van der Waals surface area contributed by atoms with Crippen LogP contribution in [0.4, 0.5) is 13.2 Å². The lowest BCUT2D eigenvalue weighted by molar-refractivity contribution is -0.274. The summed E-state index contributed by atoms with van der Waals surface area (Å²) in [6.07, 6.45) is -3.86. The Morgan fingerprint density at radius 2 is 1.62 bits per heavy atom. The third-order valence-electron chi connectivity index (χ3n) is 7.11. The molecular weight excluding hydrogens is 585 g/mol. The maximum Gasteiger partial charge on any atom is 0.573 e. The third kappa shape index (κ3) is 10.2. The maximum absolute atomic E-state index is 13.8. The summed E-state index contributed by atoms with van der Waals surface area (Å²) in [6, 6.07) is 24.6. The molecule has 2 amide bonds. The van der Waals surface area contributed by atoms with Gasteiger partial charge in [0.1, 0.15) is 5.75 Å².